The van der Waals surface area contributed by atoms with E-state index < -0.39 is 20.6 Å². The molecule has 2 unspecified atom stereocenters. The van der Waals surface area contributed by atoms with Crippen molar-refractivity contribution in [1.29, 1.82) is 0 Å². The molecule has 0 spiro atoms. The van der Waals surface area contributed by atoms with Crippen molar-refractivity contribution in [2.75, 3.05) is 24.3 Å². The van der Waals surface area contributed by atoms with Gasteiger partial charge in [0.2, 0.25) is 0 Å². The minimum atomic E-state index is -3.11. The minimum Gasteiger partial charge on any atom is -0.310 e. The second-order valence-corrected chi connectivity index (χ2v) is 8.42. The Hall–Kier alpha value is -0.720. The Balaban J connectivity index is 2.06. The molecule has 0 radical (unpaired) electrons. The van der Waals surface area contributed by atoms with Crippen LogP contribution < -0.4 is 5.32 Å². The van der Waals surface area contributed by atoms with Crippen molar-refractivity contribution in [1.82, 2.24) is 5.32 Å². The first-order chi connectivity index (χ1) is 9.00. The van der Waals surface area contributed by atoms with E-state index in [1.165, 1.54) is 0 Å². The Morgan fingerprint density at radius 3 is 2.84 bits per heavy atom. The first-order valence-corrected chi connectivity index (χ1v) is 9.74. The quantitative estimate of drug-likeness (QED) is 0.832. The molecule has 1 aliphatic heterocycles. The zero-order valence-electron chi connectivity index (χ0n) is 11.0. The second kappa shape index (κ2) is 6.15. The van der Waals surface area contributed by atoms with Gasteiger partial charge in [0.25, 0.3) is 0 Å². The highest BCUT2D eigenvalue weighted by Crippen LogP contribution is 2.31. The van der Waals surface area contributed by atoms with Crippen LogP contribution in [0.25, 0.3) is 0 Å². The molecule has 2 rings (SSSR count). The van der Waals surface area contributed by atoms with Crippen molar-refractivity contribution in [3.8, 4) is 0 Å². The van der Waals surface area contributed by atoms with Crippen LogP contribution >= 0.6 is 0 Å². The summed E-state index contributed by atoms with van der Waals surface area (Å²) < 4.78 is 34.9. The highest BCUT2D eigenvalue weighted by Gasteiger charge is 2.29. The van der Waals surface area contributed by atoms with E-state index in [4.69, 9.17) is 0 Å². The third kappa shape index (κ3) is 3.64. The summed E-state index contributed by atoms with van der Waals surface area (Å²) in [7, 11) is -3.87. The summed E-state index contributed by atoms with van der Waals surface area (Å²) >= 11 is 0. The number of fused-ring (bicyclic) bond motifs is 1. The standard InChI is InChI=1S/C13H19NO3S2/c1-18(15)9-4-8-14-12-7-10-19(16,17)13-6-3-2-5-11(12)13/h2-3,5-6,12,14H,4,7-10H2,1H3. The summed E-state index contributed by atoms with van der Waals surface area (Å²) in [4.78, 5) is 0.456. The van der Waals surface area contributed by atoms with Gasteiger partial charge in [0.1, 0.15) is 0 Å². The molecule has 0 amide bonds. The van der Waals surface area contributed by atoms with E-state index in [9.17, 15) is 12.6 Å². The fourth-order valence-corrected chi connectivity index (χ4v) is 4.53. The van der Waals surface area contributed by atoms with E-state index >= 15 is 0 Å². The molecule has 1 aromatic rings. The normalized spacial score (nSPS) is 22.7. The molecule has 1 heterocycles. The molecule has 1 N–H and O–H groups in total. The molecule has 4 nitrogen and oxygen atoms in total. The van der Waals surface area contributed by atoms with Gasteiger partial charge in [-0.2, -0.15) is 0 Å². The zero-order valence-corrected chi connectivity index (χ0v) is 12.6. The molecule has 0 fully saturated rings. The van der Waals surface area contributed by atoms with E-state index in [0.717, 1.165) is 18.5 Å². The molecule has 0 saturated heterocycles. The van der Waals surface area contributed by atoms with Crippen molar-refractivity contribution in [3.05, 3.63) is 29.8 Å². The van der Waals surface area contributed by atoms with Crippen LogP contribution in [0.4, 0.5) is 0 Å². The van der Waals surface area contributed by atoms with Gasteiger partial charge in [-0.1, -0.05) is 18.2 Å². The Bertz CT molecular complexity index is 569. The van der Waals surface area contributed by atoms with Crippen LogP contribution in [0.5, 0.6) is 0 Å². The van der Waals surface area contributed by atoms with Crippen LogP contribution in [-0.2, 0) is 20.6 Å². The molecule has 0 saturated carbocycles. The van der Waals surface area contributed by atoms with E-state index in [0.29, 0.717) is 17.1 Å². The number of hydrogen-bond acceptors (Lipinski definition) is 4. The van der Waals surface area contributed by atoms with Gasteiger partial charge in [0, 0.05) is 28.9 Å². The molecule has 0 bridgehead atoms. The Kier molecular flexibility index (Phi) is 4.76. The van der Waals surface area contributed by atoms with Crippen LogP contribution in [0.2, 0.25) is 0 Å². The van der Waals surface area contributed by atoms with E-state index in [1.54, 1.807) is 18.4 Å². The highest BCUT2D eigenvalue weighted by molar-refractivity contribution is 7.91. The topological polar surface area (TPSA) is 63.2 Å². The molecule has 1 aromatic carbocycles. The first-order valence-electron chi connectivity index (χ1n) is 6.36. The van der Waals surface area contributed by atoms with E-state index in [2.05, 4.69) is 5.32 Å². The van der Waals surface area contributed by atoms with E-state index in [-0.39, 0.29) is 11.8 Å². The molecule has 0 aliphatic carbocycles. The SMILES string of the molecule is CS(=O)CCCNC1CCS(=O)(=O)c2ccccc21. The fraction of sp³-hybridized carbons (Fsp3) is 0.538. The maximum Gasteiger partial charge on any atom is 0.178 e. The van der Waals surface area contributed by atoms with Crippen LogP contribution in [0.3, 0.4) is 0 Å². The second-order valence-electron chi connectivity index (χ2n) is 4.78. The van der Waals surface area contributed by atoms with Crippen LogP contribution in [0.1, 0.15) is 24.4 Å². The van der Waals surface area contributed by atoms with Gasteiger partial charge < -0.3 is 5.32 Å². The Labute approximate surface area is 117 Å². The van der Waals surface area contributed by atoms with Gasteiger partial charge in [-0.3, -0.25) is 4.21 Å². The smallest absolute Gasteiger partial charge is 0.178 e. The predicted molar refractivity (Wildman–Crippen MR) is 77.4 cm³/mol. The molecule has 0 aromatic heterocycles. The van der Waals surface area contributed by atoms with Gasteiger partial charge in [0.15, 0.2) is 9.84 Å². The monoisotopic (exact) mass is 301 g/mol. The lowest BCUT2D eigenvalue weighted by Crippen LogP contribution is -2.30. The maximum absolute atomic E-state index is 12.0. The Morgan fingerprint density at radius 1 is 1.37 bits per heavy atom. The van der Waals surface area contributed by atoms with Gasteiger partial charge >= 0.3 is 0 Å². The van der Waals surface area contributed by atoms with Crippen molar-refractivity contribution in [2.24, 2.45) is 0 Å². The highest BCUT2D eigenvalue weighted by atomic mass is 32.2. The largest absolute Gasteiger partial charge is 0.310 e. The molecule has 106 valence electrons. The van der Waals surface area contributed by atoms with Gasteiger partial charge in [-0.15, -0.1) is 0 Å². The van der Waals surface area contributed by atoms with Crippen LogP contribution in [0.15, 0.2) is 29.2 Å². The number of sulfone groups is 1. The van der Waals surface area contributed by atoms with Crippen molar-refractivity contribution in [3.63, 3.8) is 0 Å². The maximum atomic E-state index is 12.0. The lowest BCUT2D eigenvalue weighted by Gasteiger charge is -2.26. The Morgan fingerprint density at radius 2 is 2.11 bits per heavy atom. The number of benzene rings is 1. The van der Waals surface area contributed by atoms with Crippen molar-refractivity contribution < 1.29 is 12.6 Å². The lowest BCUT2D eigenvalue weighted by atomic mass is 10.0. The average molecular weight is 301 g/mol. The summed E-state index contributed by atoms with van der Waals surface area (Å²) in [6, 6.07) is 7.28. The van der Waals surface area contributed by atoms with Crippen molar-refractivity contribution in [2.45, 2.75) is 23.8 Å². The first kappa shape index (κ1) is 14.7. The third-order valence-corrected chi connectivity index (χ3v) is 5.98. The summed E-state index contributed by atoms with van der Waals surface area (Å²) in [6.07, 6.45) is 3.14. The molecule has 19 heavy (non-hydrogen) atoms. The van der Waals surface area contributed by atoms with Gasteiger partial charge in [0.05, 0.1) is 10.6 Å². The fourth-order valence-electron chi connectivity index (χ4n) is 2.35. The zero-order chi connectivity index (χ0) is 13.9. The third-order valence-electron chi connectivity index (χ3n) is 3.30. The summed E-state index contributed by atoms with van der Waals surface area (Å²) in [5.41, 5.74) is 0.867. The molecule has 1 aliphatic rings. The number of rotatable bonds is 5. The van der Waals surface area contributed by atoms with Crippen molar-refractivity contribution >= 4 is 20.6 Å². The molecular weight excluding hydrogens is 282 g/mol. The van der Waals surface area contributed by atoms with Crippen LogP contribution in [0, 0.1) is 0 Å². The molecular formula is C13H19NO3S2. The van der Waals surface area contributed by atoms with Crippen LogP contribution in [-0.4, -0.2) is 36.9 Å². The summed E-state index contributed by atoms with van der Waals surface area (Å²) in [5, 5.41) is 3.37. The minimum absolute atomic E-state index is 0.0880. The van der Waals surface area contributed by atoms with E-state index in [1.807, 2.05) is 12.1 Å². The molecule has 2 atom stereocenters. The average Bonchev–Trinajstić information content (AvgIpc) is 2.37. The van der Waals surface area contributed by atoms with Gasteiger partial charge in [-0.25, -0.2) is 8.42 Å². The molecule has 6 heteroatoms. The van der Waals surface area contributed by atoms with Gasteiger partial charge in [-0.05, 0) is 31.0 Å². The predicted octanol–water partition coefficient (Wildman–Crippen LogP) is 1.26. The summed E-state index contributed by atoms with van der Waals surface area (Å²) in [6.45, 7) is 0.763. The number of nitrogens with one attached hydrogen (secondary N) is 1. The summed E-state index contributed by atoms with van der Waals surface area (Å²) in [5.74, 6) is 0.876. The lowest BCUT2D eigenvalue weighted by molar-refractivity contribution is 0.492. The number of hydrogen-bond donors (Lipinski definition) is 1.